The monoisotopic (exact) mass is 425 g/mol. The van der Waals surface area contributed by atoms with E-state index >= 15 is 0 Å². The van der Waals surface area contributed by atoms with E-state index < -0.39 is 0 Å². The van der Waals surface area contributed by atoms with Crippen LogP contribution >= 0.6 is 11.6 Å². The van der Waals surface area contributed by atoms with E-state index in [0.29, 0.717) is 26.1 Å². The van der Waals surface area contributed by atoms with Crippen molar-refractivity contribution < 1.29 is 9.59 Å². The van der Waals surface area contributed by atoms with Gasteiger partial charge in [-0.1, -0.05) is 48.0 Å². The average Bonchev–Trinajstić information content (AvgIpc) is 3.16. The Kier molecular flexibility index (Phi) is 6.00. The molecule has 2 fully saturated rings. The minimum Gasteiger partial charge on any atom is -0.368 e. The summed E-state index contributed by atoms with van der Waals surface area (Å²) in [6.45, 7) is 7.51. The maximum Gasteiger partial charge on any atom is 0.228 e. The normalized spacial score (nSPS) is 20.6. The zero-order chi connectivity index (χ0) is 21.3. The van der Waals surface area contributed by atoms with E-state index in [4.69, 9.17) is 11.6 Å². The van der Waals surface area contributed by atoms with Gasteiger partial charge in [0.15, 0.2) is 0 Å². The van der Waals surface area contributed by atoms with Crippen LogP contribution in [0.25, 0.3) is 0 Å². The van der Waals surface area contributed by atoms with E-state index in [9.17, 15) is 9.59 Å². The van der Waals surface area contributed by atoms with E-state index in [1.165, 1.54) is 5.56 Å². The lowest BCUT2D eigenvalue weighted by atomic mass is 10.1. The Labute approximate surface area is 183 Å². The number of carbonyl (C=O) groups excluding carboxylic acids is 2. The lowest BCUT2D eigenvalue weighted by molar-refractivity contribution is -0.136. The molecule has 30 heavy (non-hydrogen) atoms. The third kappa shape index (κ3) is 4.17. The van der Waals surface area contributed by atoms with Crippen LogP contribution in [0.4, 0.5) is 5.69 Å². The van der Waals surface area contributed by atoms with Gasteiger partial charge >= 0.3 is 0 Å². The van der Waals surface area contributed by atoms with E-state index in [0.717, 1.165) is 29.4 Å². The topological polar surface area (TPSA) is 43.9 Å². The lowest BCUT2D eigenvalue weighted by Gasteiger charge is -2.38. The molecule has 0 bridgehead atoms. The van der Waals surface area contributed by atoms with Crippen LogP contribution in [0.2, 0.25) is 5.02 Å². The van der Waals surface area contributed by atoms with Crippen LogP contribution in [0.5, 0.6) is 0 Å². The minimum atomic E-state index is -0.247. The first-order chi connectivity index (χ1) is 14.4. The number of carbonyl (C=O) groups is 2. The Morgan fingerprint density at radius 1 is 1.07 bits per heavy atom. The molecule has 2 atom stereocenters. The molecule has 2 aromatic rings. The second-order valence-electron chi connectivity index (χ2n) is 8.28. The average molecular weight is 426 g/mol. The fraction of sp³-hybridized carbons (Fsp3) is 0.417. The number of likely N-dealkylation sites (tertiary alicyclic amines) is 1. The Bertz CT molecular complexity index is 925. The van der Waals surface area contributed by atoms with Gasteiger partial charge in [0.25, 0.3) is 0 Å². The Morgan fingerprint density at radius 3 is 2.47 bits per heavy atom. The number of nitrogens with zero attached hydrogens (tertiary/aromatic N) is 3. The molecule has 0 radical (unpaired) electrons. The molecular formula is C24H28ClN3O2. The predicted octanol–water partition coefficient (Wildman–Crippen LogP) is 3.91. The van der Waals surface area contributed by atoms with Gasteiger partial charge in [0, 0.05) is 49.9 Å². The van der Waals surface area contributed by atoms with Gasteiger partial charge in [-0.05, 0) is 37.1 Å². The van der Waals surface area contributed by atoms with Crippen molar-refractivity contribution in [3.8, 4) is 0 Å². The highest BCUT2D eigenvalue weighted by atomic mass is 35.5. The second kappa shape index (κ2) is 8.68. The molecule has 0 unspecified atom stereocenters. The number of rotatable bonds is 4. The van der Waals surface area contributed by atoms with Gasteiger partial charge < -0.3 is 14.7 Å². The highest BCUT2D eigenvalue weighted by Gasteiger charge is 2.39. The third-order valence-electron chi connectivity index (χ3n) is 6.36. The maximum atomic E-state index is 13.1. The molecule has 5 nitrogen and oxygen atoms in total. The molecule has 2 aromatic carbocycles. The number of piperazine rings is 1. The molecule has 2 aliphatic rings. The molecule has 2 aliphatic heterocycles. The highest BCUT2D eigenvalue weighted by Crippen LogP contribution is 2.30. The summed E-state index contributed by atoms with van der Waals surface area (Å²) in [4.78, 5) is 31.8. The van der Waals surface area contributed by atoms with Gasteiger partial charge in [-0.2, -0.15) is 0 Å². The first-order valence-corrected chi connectivity index (χ1v) is 11.0. The van der Waals surface area contributed by atoms with Gasteiger partial charge in [-0.3, -0.25) is 9.59 Å². The molecular weight excluding hydrogens is 398 g/mol. The summed E-state index contributed by atoms with van der Waals surface area (Å²) in [6.07, 6.45) is 0.309. The molecule has 158 valence electrons. The molecule has 2 amide bonds. The van der Waals surface area contributed by atoms with E-state index in [1.807, 2.05) is 65.3 Å². The number of hydrogen-bond acceptors (Lipinski definition) is 3. The largest absolute Gasteiger partial charge is 0.368 e. The van der Waals surface area contributed by atoms with Crippen LogP contribution in [-0.4, -0.2) is 54.3 Å². The van der Waals surface area contributed by atoms with Crippen molar-refractivity contribution in [3.05, 3.63) is 64.7 Å². The molecule has 0 spiro atoms. The summed E-state index contributed by atoms with van der Waals surface area (Å²) in [5.74, 6) is -0.0745. The van der Waals surface area contributed by atoms with Gasteiger partial charge in [0.1, 0.15) is 0 Å². The summed E-state index contributed by atoms with van der Waals surface area (Å²) in [5, 5.41) is 0.728. The van der Waals surface area contributed by atoms with Gasteiger partial charge in [0.2, 0.25) is 11.8 Å². The van der Waals surface area contributed by atoms with Crippen LogP contribution in [0.15, 0.2) is 48.5 Å². The quantitative estimate of drug-likeness (QED) is 0.746. The van der Waals surface area contributed by atoms with Crippen molar-refractivity contribution in [3.63, 3.8) is 0 Å². The smallest absolute Gasteiger partial charge is 0.228 e. The van der Waals surface area contributed by atoms with Crippen molar-refractivity contribution >= 4 is 29.1 Å². The zero-order valence-corrected chi connectivity index (χ0v) is 18.3. The molecule has 6 heteroatoms. The van der Waals surface area contributed by atoms with Gasteiger partial charge in [0.05, 0.1) is 12.0 Å². The van der Waals surface area contributed by atoms with Crippen molar-refractivity contribution in [1.29, 1.82) is 0 Å². The van der Waals surface area contributed by atoms with E-state index in [-0.39, 0.29) is 23.8 Å². The molecule has 0 saturated carbocycles. The number of halogens is 1. The molecule has 2 heterocycles. The van der Waals surface area contributed by atoms with Crippen LogP contribution < -0.4 is 4.90 Å². The molecule has 0 N–H and O–H groups in total. The highest BCUT2D eigenvalue weighted by molar-refractivity contribution is 6.30. The van der Waals surface area contributed by atoms with Crippen LogP contribution in [0.1, 0.15) is 30.5 Å². The Balaban J connectivity index is 1.37. The number of hydrogen-bond donors (Lipinski definition) is 0. The fourth-order valence-corrected chi connectivity index (χ4v) is 4.70. The first-order valence-electron chi connectivity index (χ1n) is 10.6. The standard InChI is InChI=1S/C24H28ClN3O2/c1-17-8-9-21(25)15-22(17)26-10-12-27(13-11-26)24(30)20-14-23(29)28(16-20)18(2)19-6-4-3-5-7-19/h3-9,15,18,20H,10-14,16H2,1-2H3/t18-,20+/m1/s1. The van der Waals surface area contributed by atoms with E-state index in [1.54, 1.807) is 0 Å². The van der Waals surface area contributed by atoms with Crippen molar-refractivity contribution in [2.75, 3.05) is 37.6 Å². The molecule has 4 rings (SSSR count). The Morgan fingerprint density at radius 2 is 1.77 bits per heavy atom. The SMILES string of the molecule is Cc1ccc(Cl)cc1N1CCN(C(=O)[C@H]2CC(=O)N([C@H](C)c3ccccc3)C2)CC1. The molecule has 2 saturated heterocycles. The first kappa shape index (κ1) is 20.7. The second-order valence-corrected chi connectivity index (χ2v) is 8.71. The number of benzene rings is 2. The maximum absolute atomic E-state index is 13.1. The Hall–Kier alpha value is -2.53. The van der Waals surface area contributed by atoms with Crippen molar-refractivity contribution in [2.45, 2.75) is 26.3 Å². The van der Waals surface area contributed by atoms with Gasteiger partial charge in [-0.25, -0.2) is 0 Å². The van der Waals surface area contributed by atoms with E-state index in [2.05, 4.69) is 11.8 Å². The summed E-state index contributed by atoms with van der Waals surface area (Å²) < 4.78 is 0. The van der Waals surface area contributed by atoms with Crippen molar-refractivity contribution in [2.24, 2.45) is 5.92 Å². The van der Waals surface area contributed by atoms with Gasteiger partial charge in [-0.15, -0.1) is 0 Å². The third-order valence-corrected chi connectivity index (χ3v) is 6.60. The molecule has 0 aromatic heterocycles. The zero-order valence-electron chi connectivity index (χ0n) is 17.6. The number of anilines is 1. The lowest BCUT2D eigenvalue weighted by Crippen LogP contribution is -2.50. The summed E-state index contributed by atoms with van der Waals surface area (Å²) in [5.41, 5.74) is 3.42. The predicted molar refractivity (Wildman–Crippen MR) is 120 cm³/mol. The van der Waals surface area contributed by atoms with Crippen molar-refractivity contribution in [1.82, 2.24) is 9.80 Å². The minimum absolute atomic E-state index is 0.0147. The van der Waals surface area contributed by atoms with Crippen LogP contribution in [-0.2, 0) is 9.59 Å². The number of amides is 2. The van der Waals surface area contributed by atoms with Crippen LogP contribution in [0, 0.1) is 12.8 Å². The fourth-order valence-electron chi connectivity index (χ4n) is 4.53. The summed E-state index contributed by atoms with van der Waals surface area (Å²) in [7, 11) is 0. The number of aryl methyl sites for hydroxylation is 1. The molecule has 0 aliphatic carbocycles. The van der Waals surface area contributed by atoms with Crippen LogP contribution in [0.3, 0.4) is 0 Å². The summed E-state index contributed by atoms with van der Waals surface area (Å²) >= 11 is 6.17. The summed E-state index contributed by atoms with van der Waals surface area (Å²) in [6, 6.07) is 15.9.